The van der Waals surface area contributed by atoms with Crippen LogP contribution in [0.4, 0.5) is 0 Å². The minimum atomic E-state index is 0.405. The van der Waals surface area contributed by atoms with Gasteiger partial charge in [-0.1, -0.05) is 0 Å². The number of halogens is 1. The zero-order chi connectivity index (χ0) is 5.86. The zero-order valence-electron chi connectivity index (χ0n) is 4.24. The molecule has 0 saturated carbocycles. The first-order chi connectivity index (χ1) is 3.18. The van der Waals surface area contributed by atoms with E-state index in [1.807, 2.05) is 6.92 Å². The number of allylic oxidation sites excluding steroid dienone is 1. The molecule has 0 nitrogen and oxygen atoms in total. The van der Waals surface area contributed by atoms with E-state index < -0.39 is 0 Å². The van der Waals surface area contributed by atoms with Crippen LogP contribution in [0.3, 0.4) is 0 Å². The van der Waals surface area contributed by atoms with Gasteiger partial charge in [0.15, 0.2) is 0 Å². The number of hydrogen-bond acceptors (Lipinski definition) is 0. The van der Waals surface area contributed by atoms with Crippen LogP contribution in [0.1, 0.15) is 6.92 Å². The molecule has 2 heteroatoms. The van der Waals surface area contributed by atoms with Crippen molar-refractivity contribution in [1.29, 1.82) is 0 Å². The Labute approximate surface area is 71.9 Å². The van der Waals surface area contributed by atoms with E-state index in [1.165, 1.54) is 0 Å². The molecule has 0 aromatic rings. The second-order valence-corrected chi connectivity index (χ2v) is 3.37. The fraction of sp³-hybridized carbons (Fsp3) is 0.400. The van der Waals surface area contributed by atoms with Gasteiger partial charge in [-0.2, -0.15) is 0 Å². The molecule has 0 spiro atoms. The van der Waals surface area contributed by atoms with E-state index in [0.717, 1.165) is 35.8 Å². The van der Waals surface area contributed by atoms with Crippen LogP contribution < -0.4 is 0 Å². The van der Waals surface area contributed by atoms with Crippen molar-refractivity contribution in [3.05, 3.63) is 12.2 Å². The van der Waals surface area contributed by atoms with E-state index in [0.29, 0.717) is 4.83 Å². The molecule has 0 aliphatic heterocycles. The monoisotopic (exact) mass is 234 g/mol. The van der Waals surface area contributed by atoms with Gasteiger partial charge in [0.1, 0.15) is 0 Å². The van der Waals surface area contributed by atoms with Crippen molar-refractivity contribution in [2.45, 2.75) is 11.8 Å². The first-order valence-corrected chi connectivity index (χ1v) is 4.31. The molecule has 0 rings (SSSR count). The summed E-state index contributed by atoms with van der Waals surface area (Å²) in [6.45, 7) is 5.79. The molecule has 7 heavy (non-hydrogen) atoms. The van der Waals surface area contributed by atoms with E-state index in [1.54, 1.807) is 0 Å². The van der Waals surface area contributed by atoms with Gasteiger partial charge < -0.3 is 0 Å². The van der Waals surface area contributed by atoms with Crippen LogP contribution in [0, 0.1) is 2.59 Å². The average Bonchev–Trinajstić information content (AvgIpc) is 1.65. The topological polar surface area (TPSA) is 0 Å². The quantitative estimate of drug-likeness (QED) is 0.608. The van der Waals surface area contributed by atoms with Crippen LogP contribution >= 0.6 is 15.9 Å². The molecular weight excluding hydrogens is 229 g/mol. The van der Waals surface area contributed by atoms with Gasteiger partial charge in [-0.3, -0.25) is 0 Å². The van der Waals surface area contributed by atoms with Crippen LogP contribution in [0.15, 0.2) is 12.2 Å². The summed E-state index contributed by atoms with van der Waals surface area (Å²) in [6, 6.07) is 0. The van der Waals surface area contributed by atoms with Crippen LogP contribution in [0.25, 0.3) is 0 Å². The Morgan fingerprint density at radius 2 is 2.43 bits per heavy atom. The summed E-state index contributed by atoms with van der Waals surface area (Å²) >= 11 is 4.41. The molecule has 0 bridgehead atoms. The Kier molecular flexibility index (Phi) is 4.67. The molecule has 1 unspecified atom stereocenters. The van der Waals surface area contributed by atoms with Crippen molar-refractivity contribution in [2.75, 3.05) is 0 Å². The van der Waals surface area contributed by atoms with Gasteiger partial charge >= 0.3 is 72.7 Å². The first kappa shape index (κ1) is 8.10. The fourth-order valence-electron chi connectivity index (χ4n) is 0.115. The summed E-state index contributed by atoms with van der Waals surface area (Å²) < 4.78 is 3.05. The molecule has 1 atom stereocenters. The Balaban J connectivity index is 3.64. The predicted octanol–water partition coefficient (Wildman–Crippen LogP) is 1.83. The molecule has 0 aromatic heterocycles. The molecule has 0 radical (unpaired) electrons. The molecule has 0 heterocycles. The average molecular weight is 235 g/mol. The minimum absolute atomic E-state index is 0.405. The van der Waals surface area contributed by atoms with Gasteiger partial charge in [0, 0.05) is 0 Å². The Morgan fingerprint density at radius 1 is 2.00 bits per heavy atom. The summed E-state index contributed by atoms with van der Waals surface area (Å²) in [5, 5.41) is 0. The van der Waals surface area contributed by atoms with Crippen molar-refractivity contribution in [1.82, 2.24) is 0 Å². The molecule has 36 valence electrons. The molecule has 0 fully saturated rings. The molecule has 0 aliphatic carbocycles. The van der Waals surface area contributed by atoms with Gasteiger partial charge in [-0.05, 0) is 0 Å². The van der Waals surface area contributed by atoms with Gasteiger partial charge in [-0.15, -0.1) is 0 Å². The van der Waals surface area contributed by atoms with Crippen molar-refractivity contribution in [2.24, 2.45) is 0 Å². The second-order valence-electron chi connectivity index (χ2n) is 1.29. The Hall–Kier alpha value is 1.10. The standard InChI is InChI=1S/C5H6Br.Y/c1-4(2)5(3)6;/h5H,1H2,3H3;. The number of alkyl halides is 1. The molecule has 0 saturated heterocycles. The van der Waals surface area contributed by atoms with Gasteiger partial charge in [-0.25, -0.2) is 0 Å². The summed E-state index contributed by atoms with van der Waals surface area (Å²) in [4.78, 5) is 0.405. The summed E-state index contributed by atoms with van der Waals surface area (Å²) in [5.74, 6) is 0. The van der Waals surface area contributed by atoms with Gasteiger partial charge in [0.25, 0.3) is 0 Å². The van der Waals surface area contributed by atoms with E-state index in [4.69, 9.17) is 0 Å². The summed E-state index contributed by atoms with van der Waals surface area (Å²) in [7, 11) is 0. The first-order valence-electron chi connectivity index (χ1n) is 1.98. The normalized spacial score (nSPS) is 12.6. The third-order valence-corrected chi connectivity index (χ3v) is 2.13. The third kappa shape index (κ3) is 3.67. The van der Waals surface area contributed by atoms with Crippen molar-refractivity contribution >= 4 is 15.9 Å². The van der Waals surface area contributed by atoms with Gasteiger partial charge in [0.05, 0.1) is 0 Å². The maximum atomic E-state index is 3.75. The maximum absolute atomic E-state index is 3.75. The van der Waals surface area contributed by atoms with Crippen molar-refractivity contribution in [3.63, 3.8) is 0 Å². The number of rotatable bonds is 1. The SMILES string of the molecule is C=C([C]#[Y])C(C)Br. The molecule has 0 N–H and O–H groups in total. The summed E-state index contributed by atoms with van der Waals surface area (Å²) in [6.07, 6.45) is 0. The summed E-state index contributed by atoms with van der Waals surface area (Å²) in [5.41, 5.74) is 1.07. The van der Waals surface area contributed by atoms with Crippen molar-refractivity contribution in [3.8, 4) is 2.59 Å². The van der Waals surface area contributed by atoms with E-state index in [2.05, 4.69) is 25.1 Å². The van der Waals surface area contributed by atoms with E-state index in [-0.39, 0.29) is 0 Å². The Morgan fingerprint density at radius 3 is 2.43 bits per heavy atom. The fourth-order valence-corrected chi connectivity index (χ4v) is 1.46. The Bertz CT molecular complexity index is 110. The van der Waals surface area contributed by atoms with E-state index >= 15 is 0 Å². The van der Waals surface area contributed by atoms with Crippen LogP contribution in [-0.2, 0) is 30.2 Å². The van der Waals surface area contributed by atoms with Crippen LogP contribution in [-0.4, -0.2) is 4.83 Å². The zero-order valence-corrected chi connectivity index (χ0v) is 8.66. The predicted molar refractivity (Wildman–Crippen MR) is 31.4 cm³/mol. The number of hydrogen-bond donors (Lipinski definition) is 0. The van der Waals surface area contributed by atoms with Crippen LogP contribution in [0.2, 0.25) is 0 Å². The molecule has 0 aromatic carbocycles. The molecule has 0 aliphatic rings. The molecular formula is C5H6BrY. The van der Waals surface area contributed by atoms with Crippen molar-refractivity contribution < 1.29 is 30.2 Å². The van der Waals surface area contributed by atoms with Gasteiger partial charge in [0.2, 0.25) is 0 Å². The molecule has 0 amide bonds. The second kappa shape index (κ2) is 4.03. The third-order valence-electron chi connectivity index (χ3n) is 0.666. The van der Waals surface area contributed by atoms with E-state index in [9.17, 15) is 0 Å². The van der Waals surface area contributed by atoms with Crippen LogP contribution in [0.5, 0.6) is 0 Å².